The third-order valence-electron chi connectivity index (χ3n) is 2.15. The maximum absolute atomic E-state index is 11.3. The molecule has 1 aliphatic rings. The van der Waals surface area contributed by atoms with Gasteiger partial charge in [-0.2, -0.15) is 0 Å². The summed E-state index contributed by atoms with van der Waals surface area (Å²) in [5.74, 6) is 0.464. The number of benzene rings is 1. The summed E-state index contributed by atoms with van der Waals surface area (Å²) in [4.78, 5) is 22.3. The normalized spacial score (nSPS) is 19.0. The quantitative estimate of drug-likeness (QED) is 0.855. The molecule has 1 unspecified atom stereocenters. The van der Waals surface area contributed by atoms with Crippen molar-refractivity contribution < 1.29 is 14.3 Å². The first kappa shape index (κ1) is 11.8. The molecule has 0 aromatic heterocycles. The maximum Gasteiger partial charge on any atom is 0.288 e. The summed E-state index contributed by atoms with van der Waals surface area (Å²) in [6.07, 6.45) is 0. The van der Waals surface area contributed by atoms with Gasteiger partial charge in [-0.3, -0.25) is 14.9 Å². The zero-order valence-electron chi connectivity index (χ0n) is 9.23. The highest BCUT2D eigenvalue weighted by atomic mass is 32.2. The zero-order chi connectivity index (χ0) is 12.3. The lowest BCUT2D eigenvalue weighted by molar-refractivity contribution is -0.118. The lowest BCUT2D eigenvalue weighted by Crippen LogP contribution is -2.29. The zero-order valence-corrected chi connectivity index (χ0v) is 10.0. The van der Waals surface area contributed by atoms with Gasteiger partial charge in [-0.05, 0) is 43.0 Å². The molecule has 1 aliphatic heterocycles. The van der Waals surface area contributed by atoms with Crippen LogP contribution in [0.25, 0.3) is 0 Å². The van der Waals surface area contributed by atoms with Crippen LogP contribution in [0.5, 0.6) is 5.75 Å². The van der Waals surface area contributed by atoms with E-state index in [1.807, 2.05) is 31.2 Å². The van der Waals surface area contributed by atoms with E-state index < -0.39 is 5.37 Å². The van der Waals surface area contributed by atoms with Crippen molar-refractivity contribution in [3.05, 3.63) is 24.3 Å². The lowest BCUT2D eigenvalue weighted by atomic mass is 10.3. The predicted octanol–water partition coefficient (Wildman–Crippen LogP) is 1.81. The highest BCUT2D eigenvalue weighted by molar-refractivity contribution is 8.15. The number of rotatable bonds is 4. The van der Waals surface area contributed by atoms with Gasteiger partial charge < -0.3 is 10.1 Å². The summed E-state index contributed by atoms with van der Waals surface area (Å²) in [7, 11) is 0. The van der Waals surface area contributed by atoms with E-state index in [4.69, 9.17) is 4.74 Å². The van der Waals surface area contributed by atoms with E-state index >= 15 is 0 Å². The summed E-state index contributed by atoms with van der Waals surface area (Å²) in [5, 5.41) is 4.31. The molecule has 2 amide bonds. The maximum atomic E-state index is 11.3. The summed E-state index contributed by atoms with van der Waals surface area (Å²) in [6, 6.07) is 7.24. The van der Waals surface area contributed by atoms with E-state index in [9.17, 15) is 9.59 Å². The summed E-state index contributed by atoms with van der Waals surface area (Å²) in [6.45, 7) is 2.53. The van der Waals surface area contributed by atoms with E-state index in [2.05, 4.69) is 10.6 Å². The Morgan fingerprint density at radius 2 is 2.06 bits per heavy atom. The average Bonchev–Trinajstić information content (AvgIpc) is 2.61. The number of carbonyl (C=O) groups excluding carboxylic acids is 2. The van der Waals surface area contributed by atoms with E-state index in [1.54, 1.807) is 0 Å². The first-order chi connectivity index (χ1) is 8.19. The van der Waals surface area contributed by atoms with Gasteiger partial charge in [-0.15, -0.1) is 0 Å². The number of imide groups is 1. The van der Waals surface area contributed by atoms with E-state index in [1.165, 1.54) is 0 Å². The minimum atomic E-state index is -0.555. The van der Waals surface area contributed by atoms with Crippen LogP contribution in [0.15, 0.2) is 24.3 Å². The molecule has 2 N–H and O–H groups in total. The Kier molecular flexibility index (Phi) is 3.53. The Hall–Kier alpha value is -1.69. The molecule has 6 heteroatoms. The Labute approximate surface area is 103 Å². The number of hydrogen-bond donors (Lipinski definition) is 2. The SMILES string of the molecule is CCOc1ccc(NC2SC(=O)NC2=O)cc1. The van der Waals surface area contributed by atoms with Crippen molar-refractivity contribution in [1.82, 2.24) is 5.32 Å². The van der Waals surface area contributed by atoms with Crippen LogP contribution in [-0.2, 0) is 4.79 Å². The minimum absolute atomic E-state index is 0.311. The van der Waals surface area contributed by atoms with Gasteiger partial charge in [-0.1, -0.05) is 0 Å². The van der Waals surface area contributed by atoms with Crippen LogP contribution in [0.4, 0.5) is 10.5 Å². The van der Waals surface area contributed by atoms with Crippen LogP contribution in [0.2, 0.25) is 0 Å². The number of nitrogens with one attached hydrogen (secondary N) is 2. The molecule has 5 nitrogen and oxygen atoms in total. The van der Waals surface area contributed by atoms with Crippen molar-refractivity contribution in [2.75, 3.05) is 11.9 Å². The second-order valence-corrected chi connectivity index (χ2v) is 4.45. The van der Waals surface area contributed by atoms with Crippen molar-refractivity contribution >= 4 is 28.6 Å². The van der Waals surface area contributed by atoms with Gasteiger partial charge in [-0.25, -0.2) is 0 Å². The molecular formula is C11H12N2O3S. The van der Waals surface area contributed by atoms with Crippen molar-refractivity contribution in [2.45, 2.75) is 12.3 Å². The topological polar surface area (TPSA) is 67.4 Å². The molecule has 1 fully saturated rings. The van der Waals surface area contributed by atoms with E-state index in [-0.39, 0.29) is 11.1 Å². The summed E-state index contributed by atoms with van der Waals surface area (Å²) >= 11 is 0.941. The third-order valence-corrected chi connectivity index (χ3v) is 3.04. The molecule has 0 aliphatic carbocycles. The Balaban J connectivity index is 1.99. The van der Waals surface area contributed by atoms with Crippen LogP contribution in [0.3, 0.4) is 0 Å². The first-order valence-electron chi connectivity index (χ1n) is 5.20. The van der Waals surface area contributed by atoms with E-state index in [0.29, 0.717) is 6.61 Å². The van der Waals surface area contributed by atoms with Gasteiger partial charge in [0.2, 0.25) is 0 Å². The van der Waals surface area contributed by atoms with Gasteiger partial charge in [0.15, 0.2) is 5.37 Å². The largest absolute Gasteiger partial charge is 0.494 e. The fraction of sp³-hybridized carbons (Fsp3) is 0.273. The van der Waals surface area contributed by atoms with Crippen LogP contribution >= 0.6 is 11.8 Å². The standard InChI is InChI=1S/C11H12N2O3S/c1-2-16-8-5-3-7(4-6-8)12-10-9(14)13-11(15)17-10/h3-6,10,12H,2H2,1H3,(H,13,14,15). The molecule has 0 radical (unpaired) electrons. The third kappa shape index (κ3) is 2.91. The Morgan fingerprint density at radius 3 is 2.59 bits per heavy atom. The molecular weight excluding hydrogens is 240 g/mol. The van der Waals surface area contributed by atoms with Crippen LogP contribution in [0.1, 0.15) is 6.92 Å². The predicted molar refractivity (Wildman–Crippen MR) is 66.2 cm³/mol. The van der Waals surface area contributed by atoms with Crippen molar-refractivity contribution in [2.24, 2.45) is 0 Å². The number of anilines is 1. The molecule has 0 spiro atoms. The van der Waals surface area contributed by atoms with Gasteiger partial charge in [0, 0.05) is 5.69 Å². The highest BCUT2D eigenvalue weighted by Gasteiger charge is 2.31. The number of carbonyl (C=O) groups is 2. The van der Waals surface area contributed by atoms with Crippen molar-refractivity contribution in [1.29, 1.82) is 0 Å². The minimum Gasteiger partial charge on any atom is -0.494 e. The van der Waals surface area contributed by atoms with Gasteiger partial charge in [0.1, 0.15) is 5.75 Å². The monoisotopic (exact) mass is 252 g/mol. The van der Waals surface area contributed by atoms with Gasteiger partial charge in [0.25, 0.3) is 11.1 Å². The molecule has 0 bridgehead atoms. The molecule has 1 heterocycles. The lowest BCUT2D eigenvalue weighted by Gasteiger charge is -2.10. The van der Waals surface area contributed by atoms with Crippen LogP contribution in [0, 0.1) is 0 Å². The molecule has 1 saturated heterocycles. The molecule has 0 saturated carbocycles. The molecule has 90 valence electrons. The van der Waals surface area contributed by atoms with Crippen molar-refractivity contribution in [3.8, 4) is 5.75 Å². The molecule has 1 aromatic rings. The smallest absolute Gasteiger partial charge is 0.288 e. The summed E-state index contributed by atoms with van der Waals surface area (Å²) in [5.41, 5.74) is 0.774. The van der Waals surface area contributed by atoms with Crippen LogP contribution < -0.4 is 15.4 Å². The van der Waals surface area contributed by atoms with Crippen LogP contribution in [-0.4, -0.2) is 23.1 Å². The highest BCUT2D eigenvalue weighted by Crippen LogP contribution is 2.23. The van der Waals surface area contributed by atoms with E-state index in [0.717, 1.165) is 23.2 Å². The van der Waals surface area contributed by atoms with Crippen molar-refractivity contribution in [3.63, 3.8) is 0 Å². The van der Waals surface area contributed by atoms with Gasteiger partial charge >= 0.3 is 0 Å². The fourth-order valence-corrected chi connectivity index (χ4v) is 2.15. The number of hydrogen-bond acceptors (Lipinski definition) is 5. The molecule has 17 heavy (non-hydrogen) atoms. The Bertz CT molecular complexity index is 433. The second-order valence-electron chi connectivity index (χ2n) is 3.38. The Morgan fingerprint density at radius 1 is 1.35 bits per heavy atom. The number of amides is 2. The second kappa shape index (κ2) is 5.09. The molecule has 1 aromatic carbocycles. The average molecular weight is 252 g/mol. The fourth-order valence-electron chi connectivity index (χ4n) is 1.42. The van der Waals surface area contributed by atoms with Gasteiger partial charge in [0.05, 0.1) is 6.61 Å². The number of thioether (sulfide) groups is 1. The molecule has 2 rings (SSSR count). The first-order valence-corrected chi connectivity index (χ1v) is 6.08. The summed E-state index contributed by atoms with van der Waals surface area (Å²) < 4.78 is 5.30. The number of ether oxygens (including phenoxy) is 1. The molecule has 1 atom stereocenters.